The van der Waals surface area contributed by atoms with E-state index < -0.39 is 12.2 Å². The second-order valence-electron chi connectivity index (χ2n) is 12.8. The van der Waals surface area contributed by atoms with Crippen molar-refractivity contribution in [2.75, 3.05) is 19.8 Å². The molecule has 5 atom stereocenters. The number of nitrogens with one attached hydrogen (secondary N) is 1. The first-order valence-corrected chi connectivity index (χ1v) is 17.7. The molecular formula is C42H50N2O5. The van der Waals surface area contributed by atoms with Crippen LogP contribution in [0, 0.1) is 0 Å². The van der Waals surface area contributed by atoms with E-state index in [4.69, 9.17) is 29.4 Å². The Bertz CT molecular complexity index is 1630. The number of nitrogens with two attached hydrogens (primary N) is 1. The van der Waals surface area contributed by atoms with Gasteiger partial charge in [-0.05, 0) is 67.0 Å². The minimum Gasteiger partial charge on any atom is -0.379 e. The highest BCUT2D eigenvalue weighted by Crippen LogP contribution is 2.33. The molecule has 0 aliphatic carbocycles. The van der Waals surface area contributed by atoms with E-state index in [0.717, 1.165) is 54.3 Å². The van der Waals surface area contributed by atoms with Crippen molar-refractivity contribution in [3.63, 3.8) is 0 Å². The minimum atomic E-state index is -0.418. The maximum atomic E-state index is 7.02. The zero-order valence-electron chi connectivity index (χ0n) is 28.3. The summed E-state index contributed by atoms with van der Waals surface area (Å²) in [6.45, 7) is 3.06. The smallest absolute Gasteiger partial charge is 0.115 e. The first-order valence-electron chi connectivity index (χ1n) is 17.7. The van der Waals surface area contributed by atoms with Gasteiger partial charge < -0.3 is 34.4 Å². The molecule has 0 amide bonds. The van der Waals surface area contributed by atoms with Crippen molar-refractivity contribution in [2.45, 2.75) is 82.4 Å². The fourth-order valence-electron chi connectivity index (χ4n) is 6.61. The second-order valence-corrected chi connectivity index (χ2v) is 12.8. The Balaban J connectivity index is 1.29. The van der Waals surface area contributed by atoms with Crippen molar-refractivity contribution < 1.29 is 23.7 Å². The lowest BCUT2D eigenvalue weighted by atomic mass is 9.90. The van der Waals surface area contributed by atoms with Gasteiger partial charge in [-0.1, -0.05) is 109 Å². The van der Waals surface area contributed by atoms with E-state index in [2.05, 4.69) is 71.8 Å². The van der Waals surface area contributed by atoms with Crippen molar-refractivity contribution in [1.82, 2.24) is 4.98 Å². The molecule has 49 heavy (non-hydrogen) atoms. The van der Waals surface area contributed by atoms with Crippen molar-refractivity contribution in [1.29, 1.82) is 0 Å². The van der Waals surface area contributed by atoms with Gasteiger partial charge in [-0.2, -0.15) is 0 Å². The van der Waals surface area contributed by atoms with Crippen molar-refractivity contribution >= 4 is 10.9 Å². The number of rotatable bonds is 19. The Labute approximate surface area is 290 Å². The molecule has 7 heteroatoms. The summed E-state index contributed by atoms with van der Waals surface area (Å²) < 4.78 is 33.8. The van der Waals surface area contributed by atoms with E-state index in [1.54, 1.807) is 0 Å². The molecule has 0 spiro atoms. The number of aromatic amines is 1. The molecule has 1 aromatic heterocycles. The van der Waals surface area contributed by atoms with Gasteiger partial charge in [0, 0.05) is 23.7 Å². The molecule has 2 heterocycles. The number of fused-ring (bicyclic) bond motifs is 1. The van der Waals surface area contributed by atoms with Gasteiger partial charge in [-0.3, -0.25) is 0 Å². The topological polar surface area (TPSA) is 88.0 Å². The molecule has 4 aromatic carbocycles. The number of hydrogen-bond donors (Lipinski definition) is 2. The lowest BCUT2D eigenvalue weighted by molar-refractivity contribution is -0.273. The van der Waals surface area contributed by atoms with Crippen LogP contribution >= 0.6 is 0 Å². The van der Waals surface area contributed by atoms with Crippen LogP contribution in [0.3, 0.4) is 0 Å². The Kier molecular flexibility index (Phi) is 13.4. The molecule has 7 nitrogen and oxygen atoms in total. The standard InChI is InChI=1S/C42H50N2O5/c43-25-13-4-14-26-45-31-39-41(47-29-33-17-7-2-8-18-33)42(48-30-34-19-9-3-10-20-34)40(46-28-32-15-5-1-6-16-32)38(49-39)24-23-35-27-44-37-22-12-11-21-36(35)37/h1-3,5-12,15-22,27,38-42,44H,4,13-14,23-26,28-31,43H2/t38-,39+,40-,41+,42+/m0/s1. The first kappa shape index (κ1) is 35.0. The fourth-order valence-corrected chi connectivity index (χ4v) is 6.61. The summed E-state index contributed by atoms with van der Waals surface area (Å²) >= 11 is 0. The first-order chi connectivity index (χ1) is 24.3. The summed E-state index contributed by atoms with van der Waals surface area (Å²) in [6.07, 6.45) is 4.90. The van der Waals surface area contributed by atoms with Crippen LogP contribution in [0.1, 0.15) is 47.9 Å². The third kappa shape index (κ3) is 10.1. The van der Waals surface area contributed by atoms with Crippen LogP contribution in [-0.4, -0.2) is 55.3 Å². The van der Waals surface area contributed by atoms with Crippen LogP contribution in [-0.2, 0) is 49.9 Å². The van der Waals surface area contributed by atoms with Gasteiger partial charge in [0.15, 0.2) is 0 Å². The van der Waals surface area contributed by atoms with E-state index in [0.29, 0.717) is 39.6 Å². The molecule has 0 bridgehead atoms. The highest BCUT2D eigenvalue weighted by molar-refractivity contribution is 5.83. The second kappa shape index (κ2) is 18.8. The number of H-pyrrole nitrogens is 1. The molecule has 1 aliphatic heterocycles. The van der Waals surface area contributed by atoms with Gasteiger partial charge >= 0.3 is 0 Å². The van der Waals surface area contributed by atoms with Crippen molar-refractivity contribution in [3.05, 3.63) is 144 Å². The highest BCUT2D eigenvalue weighted by Gasteiger charge is 2.48. The number of aromatic nitrogens is 1. The summed E-state index contributed by atoms with van der Waals surface area (Å²) in [7, 11) is 0. The summed E-state index contributed by atoms with van der Waals surface area (Å²) in [4.78, 5) is 3.43. The molecule has 0 saturated carbocycles. The van der Waals surface area contributed by atoms with Gasteiger partial charge in [-0.25, -0.2) is 0 Å². The van der Waals surface area contributed by atoms with E-state index >= 15 is 0 Å². The van der Waals surface area contributed by atoms with Gasteiger partial charge in [-0.15, -0.1) is 0 Å². The third-order valence-corrected chi connectivity index (χ3v) is 9.23. The number of benzene rings is 4. The zero-order chi connectivity index (χ0) is 33.5. The SMILES string of the molecule is NCCCCCOC[C@H]1O[C@@H](CCc2c[nH]c3ccccc23)[C@H](OCc2ccccc2)[C@@H](OCc2ccccc2)[C@@H]1OCc1ccccc1. The number of para-hydroxylation sites is 1. The van der Waals surface area contributed by atoms with Gasteiger partial charge in [0.2, 0.25) is 0 Å². The molecular weight excluding hydrogens is 612 g/mol. The Morgan fingerprint density at radius 1 is 0.592 bits per heavy atom. The van der Waals surface area contributed by atoms with E-state index in [1.165, 1.54) is 10.9 Å². The highest BCUT2D eigenvalue weighted by atomic mass is 16.6. The third-order valence-electron chi connectivity index (χ3n) is 9.23. The maximum absolute atomic E-state index is 7.02. The zero-order valence-corrected chi connectivity index (χ0v) is 28.3. The average Bonchev–Trinajstić information content (AvgIpc) is 3.57. The van der Waals surface area contributed by atoms with Crippen LogP contribution in [0.4, 0.5) is 0 Å². The molecule has 0 radical (unpaired) electrons. The molecule has 1 saturated heterocycles. The minimum absolute atomic E-state index is 0.249. The summed E-state index contributed by atoms with van der Waals surface area (Å²) in [5, 5.41) is 1.23. The molecule has 3 N–H and O–H groups in total. The number of unbranched alkanes of at least 4 members (excludes halogenated alkanes) is 2. The molecule has 258 valence electrons. The summed E-state index contributed by atoms with van der Waals surface area (Å²) in [6, 6.07) is 39.3. The lowest BCUT2D eigenvalue weighted by Gasteiger charge is -2.46. The van der Waals surface area contributed by atoms with Crippen LogP contribution in [0.2, 0.25) is 0 Å². The number of ether oxygens (including phenoxy) is 5. The largest absolute Gasteiger partial charge is 0.379 e. The normalized spacial score (nSPS) is 20.9. The Hall–Kier alpha value is -3.82. The number of aryl methyl sites for hydroxylation is 1. The fraction of sp³-hybridized carbons (Fsp3) is 0.381. The van der Waals surface area contributed by atoms with Gasteiger partial charge in [0.05, 0.1) is 32.5 Å². The van der Waals surface area contributed by atoms with Crippen LogP contribution in [0.25, 0.3) is 10.9 Å². The van der Waals surface area contributed by atoms with E-state index in [9.17, 15) is 0 Å². The van der Waals surface area contributed by atoms with E-state index in [1.807, 2.05) is 54.6 Å². The maximum Gasteiger partial charge on any atom is 0.115 e. The van der Waals surface area contributed by atoms with Crippen LogP contribution in [0.15, 0.2) is 121 Å². The monoisotopic (exact) mass is 662 g/mol. The van der Waals surface area contributed by atoms with Crippen molar-refractivity contribution in [2.24, 2.45) is 5.73 Å². The summed E-state index contributed by atoms with van der Waals surface area (Å²) in [5.41, 5.74) is 11.4. The summed E-state index contributed by atoms with van der Waals surface area (Å²) in [5.74, 6) is 0. The molecule has 5 aromatic rings. The predicted molar refractivity (Wildman–Crippen MR) is 194 cm³/mol. The van der Waals surface area contributed by atoms with Crippen LogP contribution in [0.5, 0.6) is 0 Å². The van der Waals surface area contributed by atoms with Gasteiger partial charge in [0.1, 0.15) is 24.4 Å². The van der Waals surface area contributed by atoms with Gasteiger partial charge in [0.25, 0.3) is 0 Å². The lowest BCUT2D eigenvalue weighted by Crippen LogP contribution is -2.61. The molecule has 0 unspecified atom stereocenters. The quantitative estimate of drug-likeness (QED) is 0.0879. The van der Waals surface area contributed by atoms with Crippen LogP contribution < -0.4 is 5.73 Å². The molecule has 1 aliphatic rings. The Morgan fingerprint density at radius 3 is 1.76 bits per heavy atom. The molecule has 6 rings (SSSR count). The number of hydrogen-bond acceptors (Lipinski definition) is 6. The Morgan fingerprint density at radius 2 is 1.14 bits per heavy atom. The predicted octanol–water partition coefficient (Wildman–Crippen LogP) is 7.77. The molecule has 1 fully saturated rings. The van der Waals surface area contributed by atoms with Crippen molar-refractivity contribution in [3.8, 4) is 0 Å². The average molecular weight is 663 g/mol. The van der Waals surface area contributed by atoms with E-state index in [-0.39, 0.29) is 18.3 Å².